The van der Waals surface area contributed by atoms with Gasteiger partial charge in [0.25, 0.3) is 11.8 Å². The van der Waals surface area contributed by atoms with E-state index in [4.69, 9.17) is 0 Å². The molecule has 6 heteroatoms. The quantitative estimate of drug-likeness (QED) is 0.640. The van der Waals surface area contributed by atoms with Gasteiger partial charge in [0.2, 0.25) is 0 Å². The number of nitrogens with zero attached hydrogens (tertiary/aromatic N) is 3. The Morgan fingerprint density at radius 1 is 0.913 bits per heavy atom. The second kappa shape index (κ2) is 5.04. The van der Waals surface area contributed by atoms with Crippen molar-refractivity contribution >= 4 is 28.3 Å². The lowest BCUT2D eigenvalue weighted by Gasteiger charge is -2.35. The average Bonchev–Trinajstić information content (AvgIpc) is 2.58. The summed E-state index contributed by atoms with van der Waals surface area (Å²) in [5.41, 5.74) is 1.77. The molecule has 0 bridgehead atoms. The Morgan fingerprint density at radius 3 is 2.26 bits per heavy atom. The number of hydroxylamine groups is 2. The largest absolute Gasteiger partial charge is 0.368 e. The minimum Gasteiger partial charge on any atom is -0.368 e. The molecule has 0 radical (unpaired) electrons. The van der Waals surface area contributed by atoms with Gasteiger partial charge < -0.3 is 9.80 Å². The number of carbonyl (C=O) groups excluding carboxylic acids is 2. The smallest absolute Gasteiger partial charge is 0.285 e. The molecule has 1 N–H and O–H groups in total. The molecule has 1 fully saturated rings. The topological polar surface area (TPSA) is 64.1 Å². The number of benzene rings is 2. The van der Waals surface area contributed by atoms with Gasteiger partial charge >= 0.3 is 0 Å². The fourth-order valence-electron chi connectivity index (χ4n) is 3.39. The number of amides is 2. The van der Waals surface area contributed by atoms with E-state index in [-0.39, 0.29) is 5.06 Å². The second-order valence-corrected chi connectivity index (χ2v) is 6.07. The fraction of sp³-hybridized carbons (Fsp3) is 0.294. The van der Waals surface area contributed by atoms with E-state index in [0.717, 1.165) is 37.3 Å². The number of rotatable bonds is 1. The lowest BCUT2D eigenvalue weighted by molar-refractivity contribution is -0.0377. The molecule has 6 nitrogen and oxygen atoms in total. The number of imide groups is 1. The molecule has 1 saturated heterocycles. The van der Waals surface area contributed by atoms with Gasteiger partial charge in [-0.25, -0.2) is 0 Å². The highest BCUT2D eigenvalue weighted by Crippen LogP contribution is 2.35. The van der Waals surface area contributed by atoms with E-state index < -0.39 is 11.8 Å². The minimum atomic E-state index is -0.663. The SMILES string of the molecule is CN1CCN(c2ccc3c4c(cccc24)C(=O)N(O)C3=O)CC1. The first kappa shape index (κ1) is 14.2. The molecule has 0 aliphatic carbocycles. The molecular formula is C17H17N3O3. The summed E-state index contributed by atoms with van der Waals surface area (Å²) in [7, 11) is 2.10. The maximum Gasteiger partial charge on any atom is 0.285 e. The predicted octanol–water partition coefficient (Wildman–Crippen LogP) is 1.58. The van der Waals surface area contributed by atoms with Gasteiger partial charge in [0, 0.05) is 42.6 Å². The van der Waals surface area contributed by atoms with Gasteiger partial charge in [-0.05, 0) is 25.2 Å². The number of likely N-dealkylation sites (N-methyl/N-ethyl adjacent to an activating group) is 1. The first-order chi connectivity index (χ1) is 11.1. The Hall–Kier alpha value is -2.44. The summed E-state index contributed by atoms with van der Waals surface area (Å²) in [5, 5.41) is 11.4. The van der Waals surface area contributed by atoms with Crippen molar-refractivity contribution in [3.05, 3.63) is 41.5 Å². The first-order valence-electron chi connectivity index (χ1n) is 7.65. The second-order valence-electron chi connectivity index (χ2n) is 6.07. The van der Waals surface area contributed by atoms with E-state index in [1.54, 1.807) is 18.2 Å². The highest BCUT2D eigenvalue weighted by atomic mass is 16.5. The third kappa shape index (κ3) is 2.03. The van der Waals surface area contributed by atoms with Crippen molar-refractivity contribution in [2.45, 2.75) is 0 Å². The van der Waals surface area contributed by atoms with Crippen molar-refractivity contribution < 1.29 is 14.8 Å². The van der Waals surface area contributed by atoms with Crippen molar-refractivity contribution in [3.63, 3.8) is 0 Å². The maximum atomic E-state index is 12.2. The van der Waals surface area contributed by atoms with E-state index in [1.165, 1.54) is 0 Å². The van der Waals surface area contributed by atoms with Crippen LogP contribution in [0.1, 0.15) is 20.7 Å². The highest BCUT2D eigenvalue weighted by molar-refractivity contribution is 6.26. The molecule has 2 aromatic rings. The molecule has 2 aliphatic rings. The summed E-state index contributed by atoms with van der Waals surface area (Å²) in [4.78, 5) is 28.9. The number of anilines is 1. The molecule has 0 aromatic heterocycles. The van der Waals surface area contributed by atoms with Gasteiger partial charge in [-0.2, -0.15) is 0 Å². The van der Waals surface area contributed by atoms with Crippen LogP contribution in [0, 0.1) is 0 Å². The van der Waals surface area contributed by atoms with Crippen LogP contribution in [0.4, 0.5) is 5.69 Å². The Morgan fingerprint density at radius 2 is 1.57 bits per heavy atom. The van der Waals surface area contributed by atoms with Crippen LogP contribution in [0.25, 0.3) is 10.8 Å². The Balaban J connectivity index is 1.91. The zero-order valence-electron chi connectivity index (χ0n) is 12.8. The molecule has 2 amide bonds. The van der Waals surface area contributed by atoms with E-state index >= 15 is 0 Å². The van der Waals surface area contributed by atoms with E-state index in [0.29, 0.717) is 16.5 Å². The zero-order chi connectivity index (χ0) is 16.1. The summed E-state index contributed by atoms with van der Waals surface area (Å²) in [5.74, 6) is -1.33. The number of piperazine rings is 1. The van der Waals surface area contributed by atoms with Gasteiger partial charge in [-0.3, -0.25) is 14.8 Å². The van der Waals surface area contributed by atoms with Gasteiger partial charge in [0.1, 0.15) is 0 Å². The molecule has 0 atom stereocenters. The Labute approximate surface area is 133 Å². The van der Waals surface area contributed by atoms with Crippen LogP contribution in [0.2, 0.25) is 0 Å². The number of carbonyl (C=O) groups is 2. The average molecular weight is 311 g/mol. The van der Waals surface area contributed by atoms with Crippen molar-refractivity contribution in [2.75, 3.05) is 38.1 Å². The van der Waals surface area contributed by atoms with Crippen LogP contribution in [0.3, 0.4) is 0 Å². The Bertz CT molecular complexity index is 803. The van der Waals surface area contributed by atoms with E-state index in [9.17, 15) is 14.8 Å². The third-order valence-corrected chi connectivity index (χ3v) is 4.71. The third-order valence-electron chi connectivity index (χ3n) is 4.71. The van der Waals surface area contributed by atoms with E-state index in [2.05, 4.69) is 16.8 Å². The summed E-state index contributed by atoms with van der Waals surface area (Å²) in [6.45, 7) is 3.77. The molecule has 0 spiro atoms. The monoisotopic (exact) mass is 311 g/mol. The zero-order valence-corrected chi connectivity index (χ0v) is 12.8. The highest BCUT2D eigenvalue weighted by Gasteiger charge is 2.33. The van der Waals surface area contributed by atoms with Crippen LogP contribution in [0.15, 0.2) is 30.3 Å². The predicted molar refractivity (Wildman–Crippen MR) is 85.9 cm³/mol. The Kier molecular flexibility index (Phi) is 3.11. The molecule has 2 aliphatic heterocycles. The van der Waals surface area contributed by atoms with Gasteiger partial charge in [0.05, 0.1) is 11.1 Å². The van der Waals surface area contributed by atoms with Crippen LogP contribution in [-0.2, 0) is 0 Å². The van der Waals surface area contributed by atoms with Crippen molar-refractivity contribution in [1.82, 2.24) is 9.96 Å². The molecule has 0 unspecified atom stereocenters. The molecular weight excluding hydrogens is 294 g/mol. The molecule has 2 aromatic carbocycles. The lowest BCUT2D eigenvalue weighted by atomic mass is 9.93. The van der Waals surface area contributed by atoms with Crippen LogP contribution in [0.5, 0.6) is 0 Å². The van der Waals surface area contributed by atoms with Crippen molar-refractivity contribution in [3.8, 4) is 0 Å². The maximum absolute atomic E-state index is 12.2. The molecule has 2 heterocycles. The fourth-order valence-corrected chi connectivity index (χ4v) is 3.39. The van der Waals surface area contributed by atoms with Gasteiger partial charge in [-0.15, -0.1) is 5.06 Å². The van der Waals surface area contributed by atoms with E-state index in [1.807, 2.05) is 12.1 Å². The first-order valence-corrected chi connectivity index (χ1v) is 7.65. The summed E-state index contributed by atoms with van der Waals surface area (Å²) >= 11 is 0. The normalized spacial score (nSPS) is 18.9. The van der Waals surface area contributed by atoms with Crippen LogP contribution >= 0.6 is 0 Å². The lowest BCUT2D eigenvalue weighted by Crippen LogP contribution is -2.44. The molecule has 118 valence electrons. The summed E-state index contributed by atoms with van der Waals surface area (Å²) in [6.07, 6.45) is 0. The molecule has 4 rings (SSSR count). The minimum absolute atomic E-state index is 0.201. The number of hydrogen-bond acceptors (Lipinski definition) is 5. The summed E-state index contributed by atoms with van der Waals surface area (Å²) in [6, 6.07) is 9.00. The summed E-state index contributed by atoms with van der Waals surface area (Å²) < 4.78 is 0. The van der Waals surface area contributed by atoms with Crippen LogP contribution < -0.4 is 4.90 Å². The molecule has 0 saturated carbocycles. The van der Waals surface area contributed by atoms with Gasteiger partial charge in [-0.1, -0.05) is 12.1 Å². The standard InChI is InChI=1S/C17H17N3O3/c1-18-7-9-19(10-8-18)14-6-5-13-15-11(14)3-2-4-12(15)16(21)20(23)17(13)22/h2-6,23H,7-10H2,1H3. The van der Waals surface area contributed by atoms with Crippen molar-refractivity contribution in [2.24, 2.45) is 0 Å². The number of hydrogen-bond donors (Lipinski definition) is 1. The molecule has 23 heavy (non-hydrogen) atoms. The van der Waals surface area contributed by atoms with Gasteiger partial charge in [0.15, 0.2) is 0 Å². The van der Waals surface area contributed by atoms with Crippen molar-refractivity contribution in [1.29, 1.82) is 0 Å². The van der Waals surface area contributed by atoms with Crippen LogP contribution in [-0.4, -0.2) is 60.2 Å².